The van der Waals surface area contributed by atoms with Crippen LogP contribution in [0.3, 0.4) is 0 Å². The van der Waals surface area contributed by atoms with Gasteiger partial charge in [-0.15, -0.1) is 0 Å². The number of carbonyl (C=O) groups is 1. The Bertz CT molecular complexity index is 1520. The van der Waals surface area contributed by atoms with Crippen LogP contribution in [0.15, 0.2) is 48.8 Å². The van der Waals surface area contributed by atoms with E-state index >= 15 is 0 Å². The fourth-order valence-electron chi connectivity index (χ4n) is 5.30. The number of nitrogens with two attached hydrogens (primary N) is 1. The number of nitrogen functional groups attached to an aromatic ring is 1. The van der Waals surface area contributed by atoms with E-state index in [1.807, 2.05) is 20.8 Å². The van der Waals surface area contributed by atoms with E-state index in [9.17, 15) is 18.7 Å². The van der Waals surface area contributed by atoms with E-state index in [0.717, 1.165) is 12.5 Å². The lowest BCUT2D eigenvalue weighted by Gasteiger charge is -2.47. The van der Waals surface area contributed by atoms with Crippen molar-refractivity contribution in [2.75, 3.05) is 12.3 Å². The Balaban J connectivity index is 1.55. The fraction of sp³-hybridized carbons (Fsp3) is 0.333. The van der Waals surface area contributed by atoms with Gasteiger partial charge in [0.05, 0.1) is 17.5 Å². The Morgan fingerprint density at radius 1 is 1.16 bits per heavy atom. The number of carboxylic acid groups (broad SMARTS) is 1. The lowest BCUT2D eigenvalue weighted by Crippen LogP contribution is -2.57. The average Bonchev–Trinajstić information content (AvgIpc) is 3.46. The largest absolute Gasteiger partial charge is 0.465 e. The zero-order valence-corrected chi connectivity index (χ0v) is 21.3. The topological polar surface area (TPSA) is 119 Å². The number of likely N-dealkylation sites (tertiary alicyclic amines) is 1. The van der Waals surface area contributed by atoms with Crippen LogP contribution in [0.2, 0.25) is 0 Å². The van der Waals surface area contributed by atoms with Gasteiger partial charge >= 0.3 is 6.09 Å². The molecular formula is C27H28F2N6O3. The first kappa shape index (κ1) is 25.4. The molecule has 0 spiro atoms. The fourth-order valence-corrected chi connectivity index (χ4v) is 5.30. The number of amides is 1. The summed E-state index contributed by atoms with van der Waals surface area (Å²) in [6.45, 7) is 6.83. The molecule has 1 fully saturated rings. The molecule has 4 aromatic rings. The molecule has 0 radical (unpaired) electrons. The molecule has 0 bridgehead atoms. The van der Waals surface area contributed by atoms with Gasteiger partial charge in [-0.25, -0.2) is 23.8 Å². The van der Waals surface area contributed by atoms with E-state index in [2.05, 4.69) is 9.97 Å². The summed E-state index contributed by atoms with van der Waals surface area (Å²) in [5, 5.41) is 15.4. The van der Waals surface area contributed by atoms with Crippen molar-refractivity contribution in [3.8, 4) is 22.8 Å². The SMILES string of the molecule is CC(C)(C)C1(Cn2nc(-c3ccc(Oc4cccc(F)c4F)cc3)c3c(N)ncnc32)CCCN1C(=O)O. The van der Waals surface area contributed by atoms with Gasteiger partial charge in [-0.05, 0) is 54.7 Å². The van der Waals surface area contributed by atoms with Crippen molar-refractivity contribution in [3.05, 3.63) is 60.4 Å². The number of anilines is 1. The number of hydrogen-bond acceptors (Lipinski definition) is 6. The minimum atomic E-state index is -1.07. The molecule has 1 atom stereocenters. The Hall–Kier alpha value is -4.28. The molecule has 0 aliphatic carbocycles. The summed E-state index contributed by atoms with van der Waals surface area (Å²) < 4.78 is 34.8. The van der Waals surface area contributed by atoms with Crippen molar-refractivity contribution in [2.24, 2.45) is 5.41 Å². The minimum absolute atomic E-state index is 0.225. The first-order chi connectivity index (χ1) is 18.0. The van der Waals surface area contributed by atoms with Crippen molar-refractivity contribution in [1.82, 2.24) is 24.6 Å². The summed E-state index contributed by atoms with van der Waals surface area (Å²) in [7, 11) is 0. The Morgan fingerprint density at radius 3 is 2.58 bits per heavy atom. The zero-order valence-electron chi connectivity index (χ0n) is 21.3. The monoisotopic (exact) mass is 522 g/mol. The summed E-state index contributed by atoms with van der Waals surface area (Å²) in [5.74, 6) is -1.74. The smallest absolute Gasteiger partial charge is 0.407 e. The van der Waals surface area contributed by atoms with Crippen LogP contribution in [0.4, 0.5) is 19.4 Å². The van der Waals surface area contributed by atoms with Crippen LogP contribution in [-0.2, 0) is 6.54 Å². The molecule has 0 saturated carbocycles. The molecule has 198 valence electrons. The highest BCUT2D eigenvalue weighted by atomic mass is 19.2. The molecule has 11 heteroatoms. The molecule has 3 heterocycles. The van der Waals surface area contributed by atoms with Crippen molar-refractivity contribution >= 4 is 22.9 Å². The Kier molecular flexibility index (Phi) is 6.16. The highest BCUT2D eigenvalue weighted by Gasteiger charge is 2.52. The molecule has 2 aromatic carbocycles. The first-order valence-corrected chi connectivity index (χ1v) is 12.2. The maximum absolute atomic E-state index is 14.0. The second-order valence-corrected chi connectivity index (χ2v) is 10.5. The summed E-state index contributed by atoms with van der Waals surface area (Å²) in [5.41, 5.74) is 6.86. The van der Waals surface area contributed by atoms with Gasteiger partial charge in [0, 0.05) is 12.1 Å². The van der Waals surface area contributed by atoms with Crippen LogP contribution in [0.5, 0.6) is 11.5 Å². The first-order valence-electron chi connectivity index (χ1n) is 12.2. The number of aromatic nitrogens is 4. The second-order valence-electron chi connectivity index (χ2n) is 10.5. The Labute approximate surface area is 217 Å². The number of fused-ring (bicyclic) bond motifs is 1. The van der Waals surface area contributed by atoms with Crippen molar-refractivity contribution in [1.29, 1.82) is 0 Å². The molecule has 2 aromatic heterocycles. The van der Waals surface area contributed by atoms with Gasteiger partial charge in [-0.2, -0.15) is 9.49 Å². The third-order valence-electron chi connectivity index (χ3n) is 7.36. The summed E-state index contributed by atoms with van der Waals surface area (Å²) in [4.78, 5) is 22.3. The van der Waals surface area contributed by atoms with Crippen molar-refractivity contribution in [2.45, 2.75) is 45.7 Å². The molecule has 3 N–H and O–H groups in total. The number of ether oxygens (including phenoxy) is 1. The van der Waals surface area contributed by atoms with Crippen LogP contribution in [-0.4, -0.2) is 47.9 Å². The third kappa shape index (κ3) is 4.17. The highest BCUT2D eigenvalue weighted by molar-refractivity contribution is 5.98. The van der Waals surface area contributed by atoms with E-state index in [4.69, 9.17) is 15.6 Å². The van der Waals surface area contributed by atoms with Gasteiger partial charge < -0.3 is 20.5 Å². The molecule has 1 saturated heterocycles. The molecule has 38 heavy (non-hydrogen) atoms. The number of nitrogens with zero attached hydrogens (tertiary/aromatic N) is 5. The normalized spacial score (nSPS) is 17.8. The predicted molar refractivity (Wildman–Crippen MR) is 138 cm³/mol. The average molecular weight is 523 g/mol. The highest BCUT2D eigenvalue weighted by Crippen LogP contribution is 2.46. The van der Waals surface area contributed by atoms with E-state index in [1.54, 1.807) is 28.9 Å². The van der Waals surface area contributed by atoms with Crippen molar-refractivity contribution < 1.29 is 23.4 Å². The maximum atomic E-state index is 14.0. The lowest BCUT2D eigenvalue weighted by molar-refractivity contribution is 0.0161. The van der Waals surface area contributed by atoms with Crippen molar-refractivity contribution in [3.63, 3.8) is 0 Å². The van der Waals surface area contributed by atoms with Gasteiger partial charge in [0.25, 0.3) is 0 Å². The summed E-state index contributed by atoms with van der Waals surface area (Å²) in [6.07, 6.45) is 1.83. The quantitative estimate of drug-likeness (QED) is 0.345. The van der Waals surface area contributed by atoms with Crippen LogP contribution in [0, 0.1) is 17.0 Å². The van der Waals surface area contributed by atoms with Crippen LogP contribution < -0.4 is 10.5 Å². The number of hydrogen-bond donors (Lipinski definition) is 2. The predicted octanol–water partition coefficient (Wildman–Crippen LogP) is 5.70. The van der Waals surface area contributed by atoms with Crippen LogP contribution in [0.25, 0.3) is 22.3 Å². The molecule has 1 unspecified atom stereocenters. The second kappa shape index (κ2) is 9.23. The van der Waals surface area contributed by atoms with E-state index in [1.165, 1.54) is 23.4 Å². The van der Waals surface area contributed by atoms with E-state index < -0.39 is 23.3 Å². The summed E-state index contributed by atoms with van der Waals surface area (Å²) in [6, 6.07) is 10.4. The maximum Gasteiger partial charge on any atom is 0.407 e. The van der Waals surface area contributed by atoms with Gasteiger partial charge in [0.2, 0.25) is 5.82 Å². The number of rotatable bonds is 5. The molecule has 9 nitrogen and oxygen atoms in total. The molecule has 1 amide bonds. The van der Waals surface area contributed by atoms with Crippen LogP contribution in [0.1, 0.15) is 33.6 Å². The van der Waals surface area contributed by atoms with E-state index in [-0.39, 0.29) is 23.5 Å². The van der Waals surface area contributed by atoms with Gasteiger partial charge in [-0.3, -0.25) is 0 Å². The number of benzene rings is 2. The minimum Gasteiger partial charge on any atom is -0.465 e. The lowest BCUT2D eigenvalue weighted by atomic mass is 9.71. The molecule has 1 aliphatic heterocycles. The van der Waals surface area contributed by atoms with Gasteiger partial charge in [0.1, 0.15) is 23.6 Å². The van der Waals surface area contributed by atoms with Gasteiger partial charge in [-0.1, -0.05) is 26.8 Å². The molecular weight excluding hydrogens is 494 g/mol. The third-order valence-corrected chi connectivity index (χ3v) is 7.36. The summed E-state index contributed by atoms with van der Waals surface area (Å²) >= 11 is 0. The number of halogens is 2. The van der Waals surface area contributed by atoms with Gasteiger partial charge in [0.15, 0.2) is 17.2 Å². The zero-order chi connectivity index (χ0) is 27.2. The Morgan fingerprint density at radius 2 is 1.89 bits per heavy atom. The molecule has 5 rings (SSSR count). The standard InChI is InChI=1S/C27H28F2N6O3/c1-26(2,3)27(12-5-13-34(27)25(36)37)14-35-24-20(23(30)31-15-32-24)22(33-35)16-8-10-17(11-9-16)38-19-7-4-6-18(28)21(19)29/h4,6-11,15H,5,12-14H2,1-3H3,(H,36,37)(H2,30,31,32). The molecule has 1 aliphatic rings. The van der Waals surface area contributed by atoms with E-state index in [0.29, 0.717) is 41.0 Å². The van der Waals surface area contributed by atoms with Crippen LogP contribution >= 0.6 is 0 Å².